The van der Waals surface area contributed by atoms with Crippen molar-refractivity contribution in [3.8, 4) is 11.3 Å². The molecule has 0 spiro atoms. The summed E-state index contributed by atoms with van der Waals surface area (Å²) in [6.45, 7) is 1.71. The van der Waals surface area contributed by atoms with Crippen molar-refractivity contribution in [2.45, 2.75) is 12.8 Å². The summed E-state index contributed by atoms with van der Waals surface area (Å²) in [5, 5.41) is 3.81. The van der Waals surface area contributed by atoms with Crippen LogP contribution in [0.2, 0.25) is 0 Å². The molecule has 2 rings (SSSR count). The summed E-state index contributed by atoms with van der Waals surface area (Å²) in [6, 6.07) is 3.57. The molecule has 2 heterocycles. The van der Waals surface area contributed by atoms with E-state index in [1.54, 1.807) is 19.2 Å². The third-order valence-corrected chi connectivity index (χ3v) is 3.08. The van der Waals surface area contributed by atoms with E-state index in [2.05, 4.69) is 26.1 Å². The first-order chi connectivity index (χ1) is 8.09. The lowest BCUT2D eigenvalue weighted by Gasteiger charge is -2.09. The maximum Gasteiger partial charge on any atom is 0.226 e. The van der Waals surface area contributed by atoms with Crippen LogP contribution in [0.15, 0.2) is 33.6 Å². The van der Waals surface area contributed by atoms with E-state index >= 15 is 0 Å². The largest absolute Gasteiger partial charge is 0.369 e. The Hall–Kier alpha value is -1.69. The van der Waals surface area contributed by atoms with Gasteiger partial charge in [0.25, 0.3) is 0 Å². The highest BCUT2D eigenvalue weighted by molar-refractivity contribution is 9.10. The summed E-state index contributed by atoms with van der Waals surface area (Å²) in [4.78, 5) is 15.3. The molecule has 2 aromatic rings. The molecule has 2 N–H and O–H groups in total. The third-order valence-electron chi connectivity index (χ3n) is 2.44. The van der Waals surface area contributed by atoms with Gasteiger partial charge in [-0.25, -0.2) is 0 Å². The third kappa shape index (κ3) is 2.36. The summed E-state index contributed by atoms with van der Waals surface area (Å²) >= 11 is 3.37. The number of rotatable bonds is 3. The van der Waals surface area contributed by atoms with Crippen LogP contribution in [-0.4, -0.2) is 16.0 Å². The molecule has 0 bridgehead atoms. The maximum atomic E-state index is 11.1. The van der Waals surface area contributed by atoms with Gasteiger partial charge in [-0.05, 0) is 28.9 Å². The molecule has 0 fully saturated rings. The Bertz CT molecular complexity index is 540. The van der Waals surface area contributed by atoms with Gasteiger partial charge in [0.15, 0.2) is 0 Å². The zero-order valence-corrected chi connectivity index (χ0v) is 10.6. The minimum absolute atomic E-state index is 0.410. The molecular weight excluding hydrogens is 286 g/mol. The Labute approximate surface area is 106 Å². The van der Waals surface area contributed by atoms with Gasteiger partial charge in [0, 0.05) is 22.3 Å². The predicted molar refractivity (Wildman–Crippen MR) is 65.0 cm³/mol. The summed E-state index contributed by atoms with van der Waals surface area (Å²) in [5.41, 5.74) is 7.36. The summed E-state index contributed by atoms with van der Waals surface area (Å²) < 4.78 is 5.48. The van der Waals surface area contributed by atoms with Gasteiger partial charge in [0.2, 0.25) is 5.91 Å². The molecule has 0 aliphatic heterocycles. The lowest BCUT2D eigenvalue weighted by atomic mass is 10.1. The van der Waals surface area contributed by atoms with Crippen molar-refractivity contribution >= 4 is 21.8 Å². The number of aromatic nitrogens is 2. The van der Waals surface area contributed by atoms with Crippen LogP contribution in [0.25, 0.3) is 11.3 Å². The minimum atomic E-state index is -0.435. The number of nitrogens with zero attached hydrogens (tertiary/aromatic N) is 2. The number of amides is 1. The van der Waals surface area contributed by atoms with Crippen LogP contribution in [0.3, 0.4) is 0 Å². The normalized spacial score (nSPS) is 12.4. The Balaban J connectivity index is 2.39. The fourth-order valence-corrected chi connectivity index (χ4v) is 2.10. The molecule has 0 saturated heterocycles. The van der Waals surface area contributed by atoms with Gasteiger partial charge < -0.3 is 10.3 Å². The van der Waals surface area contributed by atoms with Gasteiger partial charge in [-0.15, -0.1) is 0 Å². The molecule has 1 unspecified atom stereocenters. The maximum absolute atomic E-state index is 11.1. The number of carbonyl (C=O) groups is 1. The van der Waals surface area contributed by atoms with E-state index in [1.165, 1.54) is 6.26 Å². The van der Waals surface area contributed by atoms with Crippen LogP contribution in [0.1, 0.15) is 18.5 Å². The molecule has 0 aromatic carbocycles. The number of nitrogens with two attached hydrogens (primary N) is 1. The lowest BCUT2D eigenvalue weighted by Crippen LogP contribution is -2.20. The summed E-state index contributed by atoms with van der Waals surface area (Å²) in [7, 11) is 0. The van der Waals surface area contributed by atoms with Crippen molar-refractivity contribution in [2.24, 2.45) is 5.73 Å². The quantitative estimate of drug-likeness (QED) is 0.940. The van der Waals surface area contributed by atoms with Crippen LogP contribution in [0, 0.1) is 0 Å². The molecule has 0 aliphatic rings. The van der Waals surface area contributed by atoms with E-state index in [4.69, 9.17) is 10.3 Å². The highest BCUT2D eigenvalue weighted by atomic mass is 79.9. The molecule has 0 aliphatic carbocycles. The van der Waals surface area contributed by atoms with E-state index in [0.717, 1.165) is 10.0 Å². The first-order valence-corrected chi connectivity index (χ1v) is 5.74. The van der Waals surface area contributed by atoms with Gasteiger partial charge in [-0.2, -0.15) is 0 Å². The lowest BCUT2D eigenvalue weighted by molar-refractivity contribution is -0.119. The monoisotopic (exact) mass is 295 g/mol. The molecule has 2 aromatic heterocycles. The number of carbonyl (C=O) groups excluding carboxylic acids is 1. The van der Waals surface area contributed by atoms with Crippen molar-refractivity contribution in [3.63, 3.8) is 0 Å². The Morgan fingerprint density at radius 3 is 2.88 bits per heavy atom. The fraction of sp³-hybridized carbons (Fsp3) is 0.182. The zero-order valence-electron chi connectivity index (χ0n) is 9.05. The molecule has 0 saturated carbocycles. The van der Waals surface area contributed by atoms with Crippen molar-refractivity contribution in [1.29, 1.82) is 0 Å². The zero-order chi connectivity index (χ0) is 12.4. The summed E-state index contributed by atoms with van der Waals surface area (Å²) in [6.07, 6.45) is 3.13. The molecule has 17 heavy (non-hydrogen) atoms. The van der Waals surface area contributed by atoms with E-state index in [0.29, 0.717) is 11.4 Å². The predicted octanol–water partition coefficient (Wildman–Crippen LogP) is 2.09. The number of hydrogen-bond donors (Lipinski definition) is 1. The van der Waals surface area contributed by atoms with Crippen molar-refractivity contribution in [2.75, 3.05) is 0 Å². The molecule has 5 nitrogen and oxygen atoms in total. The second-order valence-electron chi connectivity index (χ2n) is 3.60. The van der Waals surface area contributed by atoms with Gasteiger partial charge in [-0.1, -0.05) is 5.16 Å². The second-order valence-corrected chi connectivity index (χ2v) is 4.45. The van der Waals surface area contributed by atoms with E-state index in [-0.39, 0.29) is 0 Å². The van der Waals surface area contributed by atoms with Crippen molar-refractivity contribution < 1.29 is 9.32 Å². The average Bonchev–Trinajstić information content (AvgIpc) is 2.81. The van der Waals surface area contributed by atoms with Gasteiger partial charge in [0.05, 0.1) is 11.6 Å². The standard InChI is InChI=1S/C11H10BrN3O2/c1-6(11(13)16)10-8(12)4-7(5-14-10)9-2-3-17-15-9/h2-6H,1H3,(H2,13,16). The van der Waals surface area contributed by atoms with E-state index in [9.17, 15) is 4.79 Å². The van der Waals surface area contributed by atoms with Crippen molar-refractivity contribution in [3.05, 3.63) is 34.8 Å². The number of primary amides is 1. The fourth-order valence-electron chi connectivity index (χ4n) is 1.40. The average molecular weight is 296 g/mol. The van der Waals surface area contributed by atoms with Crippen LogP contribution in [0.5, 0.6) is 0 Å². The second kappa shape index (κ2) is 4.67. The smallest absolute Gasteiger partial charge is 0.226 e. The molecule has 0 radical (unpaired) electrons. The molecule has 1 amide bonds. The summed E-state index contributed by atoms with van der Waals surface area (Å²) in [5.74, 6) is -0.844. The Morgan fingerprint density at radius 2 is 2.35 bits per heavy atom. The number of hydrogen-bond acceptors (Lipinski definition) is 4. The number of pyridine rings is 1. The Kier molecular flexibility index (Phi) is 3.23. The molecule has 1 atom stereocenters. The van der Waals surface area contributed by atoms with Crippen LogP contribution in [0.4, 0.5) is 0 Å². The Morgan fingerprint density at radius 1 is 1.59 bits per heavy atom. The topological polar surface area (TPSA) is 82.0 Å². The van der Waals surface area contributed by atoms with Crippen LogP contribution in [-0.2, 0) is 4.79 Å². The van der Waals surface area contributed by atoms with Gasteiger partial charge >= 0.3 is 0 Å². The van der Waals surface area contributed by atoms with Crippen LogP contribution < -0.4 is 5.73 Å². The first kappa shape index (κ1) is 11.8. The van der Waals surface area contributed by atoms with Gasteiger partial charge in [-0.3, -0.25) is 9.78 Å². The first-order valence-electron chi connectivity index (χ1n) is 4.95. The minimum Gasteiger partial charge on any atom is -0.369 e. The highest BCUT2D eigenvalue weighted by Gasteiger charge is 2.17. The van der Waals surface area contributed by atoms with E-state index in [1.807, 2.05) is 6.07 Å². The molecule has 6 heteroatoms. The number of halogens is 1. The molecular formula is C11H10BrN3O2. The van der Waals surface area contributed by atoms with Crippen LogP contribution >= 0.6 is 15.9 Å². The van der Waals surface area contributed by atoms with Crippen molar-refractivity contribution in [1.82, 2.24) is 10.1 Å². The highest BCUT2D eigenvalue weighted by Crippen LogP contribution is 2.27. The van der Waals surface area contributed by atoms with Gasteiger partial charge in [0.1, 0.15) is 12.0 Å². The van der Waals surface area contributed by atoms with E-state index < -0.39 is 11.8 Å². The molecule has 88 valence electrons. The SMILES string of the molecule is CC(C(N)=O)c1ncc(-c2ccon2)cc1Br.